The van der Waals surface area contributed by atoms with Gasteiger partial charge >= 0.3 is 5.97 Å². The van der Waals surface area contributed by atoms with E-state index in [1.54, 1.807) is 16.2 Å². The number of thioether (sulfide) groups is 1. The summed E-state index contributed by atoms with van der Waals surface area (Å²) in [4.78, 5) is 26.4. The summed E-state index contributed by atoms with van der Waals surface area (Å²) in [7, 11) is 0. The molecule has 1 aromatic heterocycles. The van der Waals surface area contributed by atoms with Crippen molar-refractivity contribution in [2.75, 3.05) is 6.54 Å². The minimum atomic E-state index is -0.703. The van der Waals surface area contributed by atoms with E-state index in [0.717, 1.165) is 54.7 Å². The molecule has 1 N–H and O–H groups in total. The van der Waals surface area contributed by atoms with Gasteiger partial charge in [-0.15, -0.1) is 11.3 Å². The molecule has 2 heterocycles. The van der Waals surface area contributed by atoms with E-state index in [1.165, 1.54) is 18.2 Å². The second-order valence-electron chi connectivity index (χ2n) is 6.32. The number of hydrogen-bond donors (Lipinski definition) is 1. The zero-order valence-corrected chi connectivity index (χ0v) is 17.3. The number of unbranched alkanes of at least 4 members (excludes halogenated alkanes) is 7. The van der Waals surface area contributed by atoms with Crippen molar-refractivity contribution in [2.24, 2.45) is 0 Å². The molecule has 0 aliphatic carbocycles. The van der Waals surface area contributed by atoms with Crippen LogP contribution in [-0.4, -0.2) is 32.7 Å². The van der Waals surface area contributed by atoms with E-state index < -0.39 is 5.97 Å². The third kappa shape index (κ3) is 7.21. The Morgan fingerprint density at radius 1 is 1.12 bits per heavy atom. The Bertz CT molecular complexity index is 640. The van der Waals surface area contributed by atoms with Crippen LogP contribution in [0, 0.1) is 0 Å². The number of hydrogen-bond acceptors (Lipinski definition) is 5. The van der Waals surface area contributed by atoms with Crippen LogP contribution in [0.1, 0.15) is 62.7 Å². The van der Waals surface area contributed by atoms with Gasteiger partial charge in [0, 0.05) is 17.8 Å². The third-order valence-corrected chi connectivity index (χ3v) is 6.41. The fourth-order valence-corrected chi connectivity index (χ4v) is 4.83. The lowest BCUT2D eigenvalue weighted by Crippen LogP contribution is -2.28. The topological polar surface area (TPSA) is 57.6 Å². The highest BCUT2D eigenvalue weighted by molar-refractivity contribution is 8.26. The van der Waals surface area contributed by atoms with Gasteiger partial charge in [-0.2, -0.15) is 0 Å². The van der Waals surface area contributed by atoms with Gasteiger partial charge < -0.3 is 5.11 Å². The van der Waals surface area contributed by atoms with Crippen molar-refractivity contribution in [3.8, 4) is 0 Å². The van der Waals surface area contributed by atoms with Crippen LogP contribution in [-0.2, 0) is 9.59 Å². The lowest BCUT2D eigenvalue weighted by atomic mass is 10.1. The molecule has 0 radical (unpaired) electrons. The molecule has 1 aromatic rings. The fourth-order valence-electron chi connectivity index (χ4n) is 2.80. The standard InChI is InChI=1S/C19H25NO3S3/c21-17(22)11-7-5-3-1-2-4-6-8-12-20-18(23)16(26-19(20)24)14-15-10-9-13-25-15/h9-10,13-14H,1-8,11-12H2,(H,21,22)/b16-14+. The van der Waals surface area contributed by atoms with Gasteiger partial charge in [0.05, 0.1) is 4.91 Å². The van der Waals surface area contributed by atoms with Gasteiger partial charge in [-0.1, -0.05) is 68.6 Å². The Labute approximate surface area is 168 Å². The Hall–Kier alpha value is -1.18. The van der Waals surface area contributed by atoms with E-state index in [4.69, 9.17) is 17.3 Å². The van der Waals surface area contributed by atoms with Crippen molar-refractivity contribution in [1.29, 1.82) is 0 Å². The first-order valence-corrected chi connectivity index (χ1v) is 11.2. The first kappa shape index (κ1) is 21.1. The molecule has 4 nitrogen and oxygen atoms in total. The number of thiocarbonyl (C=S) groups is 1. The molecule has 7 heteroatoms. The van der Waals surface area contributed by atoms with Crippen LogP contribution in [0.3, 0.4) is 0 Å². The van der Waals surface area contributed by atoms with E-state index in [-0.39, 0.29) is 12.3 Å². The number of carbonyl (C=O) groups excluding carboxylic acids is 1. The van der Waals surface area contributed by atoms with Gasteiger partial charge in [0.15, 0.2) is 0 Å². The predicted molar refractivity (Wildman–Crippen MR) is 113 cm³/mol. The van der Waals surface area contributed by atoms with Crippen molar-refractivity contribution in [2.45, 2.75) is 57.8 Å². The fraction of sp³-hybridized carbons (Fsp3) is 0.526. The van der Waals surface area contributed by atoms with Crippen LogP contribution >= 0.6 is 35.3 Å². The maximum absolute atomic E-state index is 12.5. The SMILES string of the molecule is O=C(O)CCCCCCCCCCN1C(=O)/C(=C\c2cccs2)SC1=S. The summed E-state index contributed by atoms with van der Waals surface area (Å²) in [5.74, 6) is -0.669. The summed E-state index contributed by atoms with van der Waals surface area (Å²) in [6.07, 6.45) is 10.6. The Balaban J connectivity index is 1.57. The predicted octanol–water partition coefficient (Wildman–Crippen LogP) is 5.54. The number of rotatable bonds is 12. The summed E-state index contributed by atoms with van der Waals surface area (Å²) < 4.78 is 0.663. The van der Waals surface area contributed by atoms with Crippen molar-refractivity contribution < 1.29 is 14.7 Å². The van der Waals surface area contributed by atoms with E-state index in [0.29, 0.717) is 10.9 Å². The minimum absolute atomic E-state index is 0.0341. The molecule has 1 fully saturated rings. The second kappa shape index (κ2) is 11.5. The van der Waals surface area contributed by atoms with Crippen molar-refractivity contribution >= 4 is 57.6 Å². The number of nitrogens with zero attached hydrogens (tertiary/aromatic N) is 1. The summed E-state index contributed by atoms with van der Waals surface area (Å²) in [6, 6.07) is 3.97. The molecule has 26 heavy (non-hydrogen) atoms. The zero-order chi connectivity index (χ0) is 18.8. The first-order valence-electron chi connectivity index (χ1n) is 9.08. The first-order chi connectivity index (χ1) is 12.6. The van der Waals surface area contributed by atoms with Crippen LogP contribution in [0.15, 0.2) is 22.4 Å². The third-order valence-electron chi connectivity index (χ3n) is 4.21. The summed E-state index contributed by atoms with van der Waals surface area (Å²) in [5.41, 5.74) is 0. The molecule has 0 bridgehead atoms. The molecule has 1 saturated heterocycles. The van der Waals surface area contributed by atoms with Crippen LogP contribution in [0.4, 0.5) is 0 Å². The van der Waals surface area contributed by atoms with Gasteiger partial charge in [0.2, 0.25) is 0 Å². The molecular formula is C19H25NO3S3. The van der Waals surface area contributed by atoms with Gasteiger partial charge in [0.25, 0.3) is 5.91 Å². The summed E-state index contributed by atoms with van der Waals surface area (Å²) in [5, 5.41) is 10.6. The van der Waals surface area contributed by atoms with Gasteiger partial charge in [-0.25, -0.2) is 0 Å². The highest BCUT2D eigenvalue weighted by Crippen LogP contribution is 2.33. The minimum Gasteiger partial charge on any atom is -0.481 e. The average molecular weight is 412 g/mol. The van der Waals surface area contributed by atoms with Crippen LogP contribution in [0.2, 0.25) is 0 Å². The van der Waals surface area contributed by atoms with Gasteiger partial charge in [-0.05, 0) is 30.4 Å². The van der Waals surface area contributed by atoms with Gasteiger partial charge in [0.1, 0.15) is 4.32 Å². The number of carboxylic acid groups (broad SMARTS) is 1. The van der Waals surface area contributed by atoms with Crippen LogP contribution < -0.4 is 0 Å². The van der Waals surface area contributed by atoms with Crippen LogP contribution in [0.25, 0.3) is 6.08 Å². The average Bonchev–Trinajstić information content (AvgIpc) is 3.19. The molecule has 1 aliphatic rings. The van der Waals surface area contributed by atoms with Crippen molar-refractivity contribution in [1.82, 2.24) is 4.90 Å². The Morgan fingerprint density at radius 3 is 2.38 bits per heavy atom. The monoisotopic (exact) mass is 411 g/mol. The van der Waals surface area contributed by atoms with E-state index in [2.05, 4.69) is 0 Å². The molecule has 0 spiro atoms. The number of carboxylic acids is 1. The Morgan fingerprint density at radius 2 is 1.77 bits per heavy atom. The van der Waals surface area contributed by atoms with Gasteiger partial charge in [-0.3, -0.25) is 14.5 Å². The number of carbonyl (C=O) groups is 2. The van der Waals surface area contributed by atoms with Crippen molar-refractivity contribution in [3.63, 3.8) is 0 Å². The van der Waals surface area contributed by atoms with Crippen molar-refractivity contribution in [3.05, 3.63) is 27.3 Å². The number of thiophene rings is 1. The van der Waals surface area contributed by atoms with E-state index >= 15 is 0 Å². The van der Waals surface area contributed by atoms with Crippen LogP contribution in [0.5, 0.6) is 0 Å². The number of aliphatic carboxylic acids is 1. The molecule has 0 saturated carbocycles. The largest absolute Gasteiger partial charge is 0.481 e. The molecule has 0 unspecified atom stereocenters. The zero-order valence-electron chi connectivity index (χ0n) is 14.8. The maximum Gasteiger partial charge on any atom is 0.303 e. The quantitative estimate of drug-likeness (QED) is 0.278. The number of amides is 1. The lowest BCUT2D eigenvalue weighted by Gasteiger charge is -2.14. The van der Waals surface area contributed by atoms with E-state index in [1.807, 2.05) is 23.6 Å². The molecule has 2 rings (SSSR count). The summed E-state index contributed by atoms with van der Waals surface area (Å²) in [6.45, 7) is 0.699. The molecular weight excluding hydrogens is 386 g/mol. The lowest BCUT2D eigenvalue weighted by molar-refractivity contribution is -0.137. The molecule has 1 amide bonds. The smallest absolute Gasteiger partial charge is 0.303 e. The Kier molecular flexibility index (Phi) is 9.36. The second-order valence-corrected chi connectivity index (χ2v) is 8.98. The molecule has 142 valence electrons. The highest BCUT2D eigenvalue weighted by Gasteiger charge is 2.31. The molecule has 1 aliphatic heterocycles. The molecule has 0 atom stereocenters. The summed E-state index contributed by atoms with van der Waals surface area (Å²) >= 11 is 8.37. The highest BCUT2D eigenvalue weighted by atomic mass is 32.2. The van der Waals surface area contributed by atoms with E-state index in [9.17, 15) is 9.59 Å². The normalized spacial score (nSPS) is 16.0. The molecule has 0 aromatic carbocycles. The maximum atomic E-state index is 12.5.